The van der Waals surface area contributed by atoms with Gasteiger partial charge in [-0.25, -0.2) is 9.48 Å². The second-order valence-corrected chi connectivity index (χ2v) is 10.9. The van der Waals surface area contributed by atoms with Gasteiger partial charge in [0.25, 0.3) is 5.91 Å². The Hall–Kier alpha value is -4.49. The molecule has 0 spiro atoms. The van der Waals surface area contributed by atoms with Crippen molar-refractivity contribution in [2.24, 2.45) is 0 Å². The molecule has 43 heavy (non-hydrogen) atoms. The predicted octanol–water partition coefficient (Wildman–Crippen LogP) is 6.10. The minimum absolute atomic E-state index is 0.0373. The van der Waals surface area contributed by atoms with Crippen molar-refractivity contribution < 1.29 is 41.5 Å². The molecule has 9 nitrogen and oxygen atoms in total. The third-order valence-electron chi connectivity index (χ3n) is 7.18. The van der Waals surface area contributed by atoms with Gasteiger partial charge >= 0.3 is 12.1 Å². The monoisotopic (exact) mass is 611 g/mol. The summed E-state index contributed by atoms with van der Waals surface area (Å²) < 4.78 is 60.3. The van der Waals surface area contributed by atoms with Crippen molar-refractivity contribution in [1.82, 2.24) is 9.78 Å². The molecule has 13 heteroatoms. The van der Waals surface area contributed by atoms with E-state index in [1.165, 1.54) is 39.9 Å². The van der Waals surface area contributed by atoms with Gasteiger partial charge in [0.2, 0.25) is 0 Å². The Morgan fingerprint density at radius 2 is 1.88 bits per heavy atom. The molecule has 222 valence electrons. The number of nitrogens with zero attached hydrogens (tertiary/aromatic N) is 3. The summed E-state index contributed by atoms with van der Waals surface area (Å²) in [6.07, 6.45) is -3.95. The number of carbonyl (C=O) groups excluding carboxylic acids is 1. The molecule has 6 rings (SSSR count). The number of amides is 1. The zero-order valence-electron chi connectivity index (χ0n) is 22.6. The zero-order valence-corrected chi connectivity index (χ0v) is 23.4. The van der Waals surface area contributed by atoms with Gasteiger partial charge in [-0.15, -0.1) is 0 Å². The number of carboxylic acid groups (broad SMARTS) is 1. The molecule has 2 aliphatic rings. The number of carbonyl (C=O) groups is 2. The summed E-state index contributed by atoms with van der Waals surface area (Å²) in [6.45, 7) is 0.324. The van der Waals surface area contributed by atoms with E-state index in [1.54, 1.807) is 31.3 Å². The summed E-state index contributed by atoms with van der Waals surface area (Å²) in [4.78, 5) is 26.1. The fourth-order valence-corrected chi connectivity index (χ4v) is 5.82. The first-order valence-electron chi connectivity index (χ1n) is 13.2. The van der Waals surface area contributed by atoms with Gasteiger partial charge in [0.15, 0.2) is 5.69 Å². The summed E-state index contributed by atoms with van der Waals surface area (Å²) >= 11 is 0.875. The number of anilines is 1. The Morgan fingerprint density at radius 1 is 1.09 bits per heavy atom. The molecule has 1 N–H and O–H groups in total. The maximum absolute atomic E-state index is 14.1. The minimum Gasteiger partial charge on any atom is -0.493 e. The average molecular weight is 612 g/mol. The molecule has 1 atom stereocenters. The van der Waals surface area contributed by atoms with Crippen LogP contribution in [0.5, 0.6) is 11.5 Å². The Bertz CT molecular complexity index is 1710. The van der Waals surface area contributed by atoms with Crippen LogP contribution in [0.2, 0.25) is 0 Å². The number of benzene rings is 3. The molecule has 0 saturated carbocycles. The van der Waals surface area contributed by atoms with Crippen molar-refractivity contribution in [3.8, 4) is 17.2 Å². The fraction of sp³-hybridized carbons (Fsp3) is 0.233. The van der Waals surface area contributed by atoms with Crippen molar-refractivity contribution >= 4 is 29.6 Å². The highest BCUT2D eigenvalue weighted by Gasteiger charge is 2.43. The number of carboxylic acids is 1. The maximum Gasteiger partial charge on any atom is 0.435 e. The van der Waals surface area contributed by atoms with E-state index in [9.17, 15) is 22.8 Å². The van der Waals surface area contributed by atoms with Crippen LogP contribution < -0.4 is 13.8 Å². The summed E-state index contributed by atoms with van der Waals surface area (Å²) in [7, 11) is 1.62. The lowest BCUT2D eigenvalue weighted by Crippen LogP contribution is -2.26. The van der Waals surface area contributed by atoms with E-state index >= 15 is 0 Å². The molecule has 1 unspecified atom stereocenters. The van der Waals surface area contributed by atoms with E-state index < -0.39 is 23.1 Å². The van der Waals surface area contributed by atoms with E-state index in [0.29, 0.717) is 18.0 Å². The van der Waals surface area contributed by atoms with Crippen molar-refractivity contribution in [2.45, 2.75) is 24.5 Å². The van der Waals surface area contributed by atoms with Crippen LogP contribution in [0, 0.1) is 0 Å². The highest BCUT2D eigenvalue weighted by molar-refractivity contribution is 7.95. The number of aromatic carboxylic acids is 1. The molecular weight excluding hydrogens is 587 g/mol. The Kier molecular flexibility index (Phi) is 7.52. The third kappa shape index (κ3) is 5.65. The summed E-state index contributed by atoms with van der Waals surface area (Å²) in [5.41, 5.74) is 1.31. The molecule has 0 radical (unpaired) electrons. The Balaban J connectivity index is 1.32. The topological polar surface area (TPSA) is 103 Å². The second kappa shape index (κ2) is 11.3. The second-order valence-electron chi connectivity index (χ2n) is 9.94. The number of ether oxygens (including phenoxy) is 2. The van der Waals surface area contributed by atoms with Crippen LogP contribution in [-0.4, -0.2) is 47.0 Å². The molecule has 0 fully saturated rings. The fourth-order valence-electron chi connectivity index (χ4n) is 4.99. The minimum atomic E-state index is -4.75. The number of fused-ring (bicyclic) bond motifs is 2. The van der Waals surface area contributed by atoms with Gasteiger partial charge < -0.3 is 23.7 Å². The largest absolute Gasteiger partial charge is 0.493 e. The number of alkyl halides is 3. The SMILES string of the molecule is CN(C(=O)c1cccc(-n2nc(C(F)(F)F)c3c2C(SOc2ccc(C(=O)O)cc2)COC3)c1)c1ccc2c(c1)OCC2. The molecule has 3 aromatic carbocycles. The molecule has 4 aromatic rings. The predicted molar refractivity (Wildman–Crippen MR) is 151 cm³/mol. The highest BCUT2D eigenvalue weighted by Crippen LogP contribution is 2.43. The Morgan fingerprint density at radius 3 is 2.63 bits per heavy atom. The lowest BCUT2D eigenvalue weighted by atomic mass is 10.1. The first-order valence-corrected chi connectivity index (χ1v) is 14.0. The molecular formula is C30H24F3N3O6S. The van der Waals surface area contributed by atoms with Crippen LogP contribution in [0.25, 0.3) is 5.69 Å². The number of aromatic nitrogens is 2. The van der Waals surface area contributed by atoms with Crippen molar-refractivity contribution in [1.29, 1.82) is 0 Å². The van der Waals surface area contributed by atoms with Crippen LogP contribution >= 0.6 is 12.0 Å². The number of rotatable bonds is 7. The molecule has 0 bridgehead atoms. The highest BCUT2D eigenvalue weighted by atomic mass is 32.2. The quantitative estimate of drug-likeness (QED) is 0.250. The number of halogens is 3. The Labute approximate surface area is 248 Å². The molecule has 0 aliphatic carbocycles. The van der Waals surface area contributed by atoms with Gasteiger partial charge in [0.1, 0.15) is 16.7 Å². The summed E-state index contributed by atoms with van der Waals surface area (Å²) in [5, 5.41) is 12.3. The smallest absolute Gasteiger partial charge is 0.435 e. The van der Waals surface area contributed by atoms with Gasteiger partial charge in [-0.1, -0.05) is 12.1 Å². The first-order chi connectivity index (χ1) is 20.6. The van der Waals surface area contributed by atoms with Crippen molar-refractivity contribution in [3.05, 3.63) is 100 Å². The van der Waals surface area contributed by atoms with Gasteiger partial charge in [-0.3, -0.25) is 4.79 Å². The van der Waals surface area contributed by atoms with Crippen molar-refractivity contribution in [3.63, 3.8) is 0 Å². The van der Waals surface area contributed by atoms with Crippen LogP contribution in [0.3, 0.4) is 0 Å². The van der Waals surface area contributed by atoms with E-state index in [1.807, 2.05) is 12.1 Å². The van der Waals surface area contributed by atoms with Crippen LogP contribution in [-0.2, 0) is 23.9 Å². The number of hydrogen-bond acceptors (Lipinski definition) is 7. The maximum atomic E-state index is 14.1. The zero-order chi connectivity index (χ0) is 30.3. The first kappa shape index (κ1) is 28.6. The molecule has 3 heterocycles. The van der Waals surface area contributed by atoms with Crippen molar-refractivity contribution in [2.75, 3.05) is 25.2 Å². The van der Waals surface area contributed by atoms with Crippen LogP contribution in [0.1, 0.15) is 48.5 Å². The van der Waals surface area contributed by atoms with Gasteiger partial charge in [0, 0.05) is 36.3 Å². The van der Waals surface area contributed by atoms with Crippen LogP contribution in [0.4, 0.5) is 18.9 Å². The summed E-state index contributed by atoms with van der Waals surface area (Å²) in [6, 6.07) is 17.4. The van der Waals surface area contributed by atoms with E-state index in [0.717, 1.165) is 29.8 Å². The number of hydrogen-bond donors (Lipinski definition) is 1. The lowest BCUT2D eigenvalue weighted by molar-refractivity contribution is -0.142. The average Bonchev–Trinajstić information content (AvgIpc) is 3.64. The lowest BCUT2D eigenvalue weighted by Gasteiger charge is -2.24. The standard InChI is InChI=1S/C30H24F3N3O6S/c1-35(20-8-5-17-11-12-41-24(17)14-20)28(37)19-3-2-4-21(13-19)36-26-23(27(34-36)30(31,32)33)15-40-16-25(26)43-42-22-9-6-18(7-10-22)29(38)39/h2-10,13-14,25H,11-12,15-16H2,1H3,(H,38,39). The van der Waals surface area contributed by atoms with E-state index in [4.69, 9.17) is 18.8 Å². The third-order valence-corrected chi connectivity index (χ3v) is 8.06. The molecule has 0 saturated heterocycles. The normalized spacial score (nSPS) is 15.8. The van der Waals surface area contributed by atoms with Gasteiger partial charge in [-0.2, -0.15) is 18.3 Å². The van der Waals surface area contributed by atoms with Gasteiger partial charge in [-0.05, 0) is 54.1 Å². The summed E-state index contributed by atoms with van der Waals surface area (Å²) in [5.74, 6) is -0.419. The van der Waals surface area contributed by atoms with Gasteiger partial charge in [0.05, 0.1) is 48.8 Å². The molecule has 2 aliphatic heterocycles. The van der Waals surface area contributed by atoms with E-state index in [2.05, 4.69) is 5.10 Å². The molecule has 1 aromatic heterocycles. The molecule has 1 amide bonds. The van der Waals surface area contributed by atoms with E-state index in [-0.39, 0.29) is 47.2 Å². The van der Waals surface area contributed by atoms with Crippen LogP contribution in [0.15, 0.2) is 66.7 Å².